The highest BCUT2D eigenvalue weighted by Gasteiger charge is 2.36. The van der Waals surface area contributed by atoms with Gasteiger partial charge in [0.05, 0.1) is 10.7 Å². The molecule has 1 aromatic rings. The lowest BCUT2D eigenvalue weighted by Gasteiger charge is -2.09. The van der Waals surface area contributed by atoms with E-state index in [1.165, 1.54) is 19.3 Å². The van der Waals surface area contributed by atoms with Crippen LogP contribution in [0.25, 0.3) is 0 Å². The number of anilines is 1. The van der Waals surface area contributed by atoms with Crippen molar-refractivity contribution in [3.8, 4) is 0 Å². The first-order valence-electron chi connectivity index (χ1n) is 5.97. The lowest BCUT2D eigenvalue weighted by atomic mass is 10.2. The van der Waals surface area contributed by atoms with Gasteiger partial charge < -0.3 is 11.1 Å². The van der Waals surface area contributed by atoms with Crippen LogP contribution in [0.4, 0.5) is 5.69 Å². The zero-order chi connectivity index (χ0) is 12.4. The van der Waals surface area contributed by atoms with Crippen molar-refractivity contribution in [2.24, 2.45) is 11.7 Å². The minimum atomic E-state index is 0.383. The second kappa shape index (κ2) is 5.23. The third-order valence-electron chi connectivity index (χ3n) is 3.18. The van der Waals surface area contributed by atoms with Gasteiger partial charge in [0, 0.05) is 11.6 Å². The average molecular weight is 269 g/mol. The van der Waals surface area contributed by atoms with E-state index in [2.05, 4.69) is 12.2 Å². The predicted octanol–water partition coefficient (Wildman–Crippen LogP) is 3.57. The molecule has 4 heteroatoms. The molecule has 1 saturated carbocycles. The monoisotopic (exact) mass is 268 g/mol. The Kier molecular flexibility index (Phi) is 3.89. The Morgan fingerprint density at radius 1 is 1.59 bits per heavy atom. The molecule has 3 N–H and O–H groups in total. The van der Waals surface area contributed by atoms with Crippen molar-refractivity contribution in [2.45, 2.75) is 32.2 Å². The maximum atomic E-state index is 6.19. The molecule has 0 saturated heterocycles. The van der Waals surface area contributed by atoms with Crippen LogP contribution in [0.1, 0.15) is 31.7 Å². The Balaban J connectivity index is 2.00. The van der Waals surface area contributed by atoms with Gasteiger partial charge in [-0.1, -0.05) is 37.2 Å². The van der Waals surface area contributed by atoms with Gasteiger partial charge in [-0.15, -0.1) is 0 Å². The Labute approximate surface area is 113 Å². The van der Waals surface area contributed by atoms with E-state index < -0.39 is 0 Å². The average Bonchev–Trinajstić information content (AvgIpc) is 3.00. The minimum Gasteiger partial charge on any atom is -0.389 e. The molecule has 1 aromatic carbocycles. The molecule has 0 bridgehead atoms. The van der Waals surface area contributed by atoms with Crippen molar-refractivity contribution >= 4 is 34.5 Å². The Hall–Kier alpha value is -0.800. The summed E-state index contributed by atoms with van der Waals surface area (Å²) >= 11 is 11.1. The molecule has 0 spiro atoms. The molecule has 0 amide bonds. The van der Waals surface area contributed by atoms with E-state index in [4.69, 9.17) is 29.6 Å². The normalized spacial score (nSPS) is 22.2. The van der Waals surface area contributed by atoms with Crippen LogP contribution in [0, 0.1) is 5.92 Å². The molecule has 17 heavy (non-hydrogen) atoms. The number of halogens is 1. The van der Waals surface area contributed by atoms with Crippen LogP contribution in [0.3, 0.4) is 0 Å². The summed E-state index contributed by atoms with van der Waals surface area (Å²) < 4.78 is 0. The van der Waals surface area contributed by atoms with Crippen molar-refractivity contribution in [2.75, 3.05) is 5.32 Å². The van der Waals surface area contributed by atoms with Gasteiger partial charge in [0.25, 0.3) is 0 Å². The van der Waals surface area contributed by atoms with Crippen LogP contribution in [0.2, 0.25) is 5.02 Å². The van der Waals surface area contributed by atoms with Crippen molar-refractivity contribution in [3.63, 3.8) is 0 Å². The van der Waals surface area contributed by atoms with Crippen molar-refractivity contribution in [1.29, 1.82) is 0 Å². The number of hydrogen-bond donors (Lipinski definition) is 2. The number of hydrogen-bond acceptors (Lipinski definition) is 2. The zero-order valence-corrected chi connectivity index (χ0v) is 11.4. The van der Waals surface area contributed by atoms with E-state index in [9.17, 15) is 0 Å². The van der Waals surface area contributed by atoms with E-state index in [0.717, 1.165) is 17.2 Å². The Morgan fingerprint density at radius 2 is 2.35 bits per heavy atom. The summed E-state index contributed by atoms with van der Waals surface area (Å²) in [5, 5.41) is 4.16. The first-order valence-corrected chi connectivity index (χ1v) is 6.76. The Bertz CT molecular complexity index is 433. The number of rotatable bonds is 5. The summed E-state index contributed by atoms with van der Waals surface area (Å²) in [5.74, 6) is 0.811. The summed E-state index contributed by atoms with van der Waals surface area (Å²) in [5.41, 5.74) is 7.36. The number of thiocarbonyl (C=S) groups is 1. The minimum absolute atomic E-state index is 0.383. The number of nitrogens with one attached hydrogen (secondary N) is 1. The van der Waals surface area contributed by atoms with E-state index in [1.54, 1.807) is 0 Å². The first kappa shape index (κ1) is 12.7. The van der Waals surface area contributed by atoms with E-state index >= 15 is 0 Å². The molecule has 0 heterocycles. The molecule has 2 atom stereocenters. The first-order chi connectivity index (χ1) is 8.11. The van der Waals surface area contributed by atoms with Crippen molar-refractivity contribution in [3.05, 3.63) is 28.8 Å². The highest BCUT2D eigenvalue weighted by Crippen LogP contribution is 2.38. The van der Waals surface area contributed by atoms with Crippen LogP contribution in [-0.2, 0) is 0 Å². The fourth-order valence-corrected chi connectivity index (χ4v) is 2.46. The third kappa shape index (κ3) is 3.11. The quantitative estimate of drug-likeness (QED) is 0.802. The maximum Gasteiger partial charge on any atom is 0.104 e. The second-order valence-corrected chi connectivity index (χ2v) is 5.44. The third-order valence-corrected chi connectivity index (χ3v) is 3.72. The lowest BCUT2D eigenvalue weighted by molar-refractivity contribution is 0.693. The van der Waals surface area contributed by atoms with Gasteiger partial charge in [-0.05, 0) is 37.0 Å². The summed E-state index contributed by atoms with van der Waals surface area (Å²) in [6.45, 7) is 2.22. The summed E-state index contributed by atoms with van der Waals surface area (Å²) in [6.07, 6.45) is 3.79. The molecule has 0 aromatic heterocycles. The fourth-order valence-electron chi connectivity index (χ4n) is 2.10. The molecule has 2 unspecified atom stereocenters. The molecule has 1 fully saturated rings. The molecular formula is C13H17ClN2S. The predicted molar refractivity (Wildman–Crippen MR) is 77.8 cm³/mol. The molecule has 1 aliphatic rings. The largest absolute Gasteiger partial charge is 0.389 e. The highest BCUT2D eigenvalue weighted by atomic mass is 35.5. The van der Waals surface area contributed by atoms with Crippen LogP contribution in [0.15, 0.2) is 18.2 Å². The van der Waals surface area contributed by atoms with Crippen LogP contribution in [0.5, 0.6) is 0 Å². The summed E-state index contributed by atoms with van der Waals surface area (Å²) in [7, 11) is 0. The van der Waals surface area contributed by atoms with Gasteiger partial charge in [0.15, 0.2) is 0 Å². The van der Waals surface area contributed by atoms with Gasteiger partial charge >= 0.3 is 0 Å². The molecule has 2 nitrogen and oxygen atoms in total. The Morgan fingerprint density at radius 3 is 2.94 bits per heavy atom. The van der Waals surface area contributed by atoms with E-state index in [-0.39, 0.29) is 0 Å². The molecule has 1 aliphatic carbocycles. The van der Waals surface area contributed by atoms with Gasteiger partial charge in [-0.3, -0.25) is 0 Å². The van der Waals surface area contributed by atoms with Crippen molar-refractivity contribution in [1.82, 2.24) is 0 Å². The topological polar surface area (TPSA) is 38.0 Å². The van der Waals surface area contributed by atoms with E-state index in [1.807, 2.05) is 18.2 Å². The molecule has 0 radical (unpaired) electrons. The number of benzene rings is 1. The standard InChI is InChI=1S/C13H17ClN2S/c1-2-3-8-7-12(8)16-11-5-4-9(13(15)17)6-10(11)14/h4-6,8,12,16H,2-3,7H2,1H3,(H2,15,17). The smallest absolute Gasteiger partial charge is 0.104 e. The van der Waals surface area contributed by atoms with Gasteiger partial charge in [0.1, 0.15) is 4.99 Å². The van der Waals surface area contributed by atoms with Gasteiger partial charge in [-0.25, -0.2) is 0 Å². The van der Waals surface area contributed by atoms with Crippen LogP contribution < -0.4 is 11.1 Å². The lowest BCUT2D eigenvalue weighted by Crippen LogP contribution is -2.10. The molecule has 0 aliphatic heterocycles. The van der Waals surface area contributed by atoms with Gasteiger partial charge in [0.2, 0.25) is 0 Å². The van der Waals surface area contributed by atoms with Gasteiger partial charge in [-0.2, -0.15) is 0 Å². The molecule has 92 valence electrons. The molecular weight excluding hydrogens is 252 g/mol. The number of nitrogens with two attached hydrogens (primary N) is 1. The zero-order valence-electron chi connectivity index (χ0n) is 9.87. The highest BCUT2D eigenvalue weighted by molar-refractivity contribution is 7.80. The molecule has 2 rings (SSSR count). The maximum absolute atomic E-state index is 6.19. The van der Waals surface area contributed by atoms with E-state index in [0.29, 0.717) is 16.1 Å². The van der Waals surface area contributed by atoms with Crippen molar-refractivity contribution < 1.29 is 0 Å². The second-order valence-electron chi connectivity index (χ2n) is 4.59. The van der Waals surface area contributed by atoms with Crippen LogP contribution in [-0.4, -0.2) is 11.0 Å². The summed E-state index contributed by atoms with van der Waals surface area (Å²) in [4.78, 5) is 0.383. The SMILES string of the molecule is CCCC1CC1Nc1ccc(C(N)=S)cc1Cl. The fraction of sp³-hybridized carbons (Fsp3) is 0.462. The van der Waals surface area contributed by atoms with Crippen LogP contribution >= 0.6 is 23.8 Å². The summed E-state index contributed by atoms with van der Waals surface area (Å²) in [6, 6.07) is 6.28.